The summed E-state index contributed by atoms with van der Waals surface area (Å²) in [5, 5.41) is 1.87. The highest BCUT2D eigenvalue weighted by molar-refractivity contribution is 7.92. The van der Waals surface area contributed by atoms with E-state index in [4.69, 9.17) is 9.47 Å². The van der Waals surface area contributed by atoms with Gasteiger partial charge in [0.2, 0.25) is 0 Å². The molecule has 1 amide bonds. The topological polar surface area (TPSA) is 84.9 Å². The fraction of sp³-hybridized carbons (Fsp3) is 0.190. The van der Waals surface area contributed by atoms with Gasteiger partial charge >= 0.3 is 0 Å². The standard InChI is InChI=1S/C21H18N2O5S2/c24-21(20-2-1-11-29-20)23-8-7-14-12-15(3-5-17(14)23)22-30(25,26)16-4-6-18-19(13-16)28-10-9-27-18/h1-6,11-13,22H,7-10H2. The molecule has 1 N–H and O–H groups in total. The molecule has 2 aliphatic heterocycles. The molecule has 0 spiro atoms. The zero-order chi connectivity index (χ0) is 20.7. The number of thiophene rings is 1. The maximum atomic E-state index is 12.8. The van der Waals surface area contributed by atoms with Crippen molar-refractivity contribution in [2.24, 2.45) is 0 Å². The van der Waals surface area contributed by atoms with E-state index in [2.05, 4.69) is 4.72 Å². The third kappa shape index (κ3) is 3.40. The molecule has 0 bridgehead atoms. The average Bonchev–Trinajstić information content (AvgIpc) is 3.42. The van der Waals surface area contributed by atoms with Gasteiger partial charge in [0.1, 0.15) is 13.2 Å². The van der Waals surface area contributed by atoms with Crippen molar-refractivity contribution in [2.75, 3.05) is 29.4 Å². The molecule has 0 atom stereocenters. The number of ether oxygens (including phenoxy) is 2. The second kappa shape index (κ2) is 7.33. The molecule has 0 saturated carbocycles. The Morgan fingerprint density at radius 3 is 2.67 bits per heavy atom. The number of fused-ring (bicyclic) bond motifs is 2. The predicted molar refractivity (Wildman–Crippen MR) is 114 cm³/mol. The number of nitrogens with zero attached hydrogens (tertiary/aromatic N) is 1. The van der Waals surface area contributed by atoms with Crippen molar-refractivity contribution in [1.82, 2.24) is 0 Å². The molecule has 3 aromatic rings. The van der Waals surface area contributed by atoms with Gasteiger partial charge in [-0.25, -0.2) is 8.42 Å². The van der Waals surface area contributed by atoms with Crippen LogP contribution in [0.3, 0.4) is 0 Å². The number of anilines is 2. The molecule has 1 aromatic heterocycles. The Morgan fingerprint density at radius 2 is 1.87 bits per heavy atom. The molecule has 2 aliphatic rings. The van der Waals surface area contributed by atoms with Crippen molar-refractivity contribution < 1.29 is 22.7 Å². The number of sulfonamides is 1. The quantitative estimate of drug-likeness (QED) is 0.668. The van der Waals surface area contributed by atoms with Crippen LogP contribution in [-0.2, 0) is 16.4 Å². The van der Waals surface area contributed by atoms with E-state index in [9.17, 15) is 13.2 Å². The van der Waals surface area contributed by atoms with Crippen LogP contribution in [0.4, 0.5) is 11.4 Å². The normalized spacial score (nSPS) is 15.0. The van der Waals surface area contributed by atoms with Crippen LogP contribution in [0.2, 0.25) is 0 Å². The van der Waals surface area contributed by atoms with Gasteiger partial charge in [-0.1, -0.05) is 6.07 Å². The second-order valence-electron chi connectivity index (χ2n) is 6.94. The van der Waals surface area contributed by atoms with Gasteiger partial charge in [-0.2, -0.15) is 0 Å². The first-order valence-corrected chi connectivity index (χ1v) is 11.8. The van der Waals surface area contributed by atoms with E-state index in [1.807, 2.05) is 11.4 Å². The van der Waals surface area contributed by atoms with Crippen LogP contribution in [0.5, 0.6) is 11.5 Å². The Balaban J connectivity index is 1.38. The molecule has 0 unspecified atom stereocenters. The van der Waals surface area contributed by atoms with Crippen LogP contribution in [0.15, 0.2) is 58.8 Å². The molecular weight excluding hydrogens is 424 g/mol. The lowest BCUT2D eigenvalue weighted by Crippen LogP contribution is -2.28. The predicted octanol–water partition coefficient (Wildman–Crippen LogP) is 3.52. The Kier molecular flexibility index (Phi) is 4.63. The number of amides is 1. The van der Waals surface area contributed by atoms with Crippen molar-refractivity contribution >= 4 is 38.6 Å². The maximum absolute atomic E-state index is 12.8. The lowest BCUT2D eigenvalue weighted by molar-refractivity contribution is 0.0993. The number of rotatable bonds is 4. The van der Waals surface area contributed by atoms with E-state index in [1.54, 1.807) is 35.2 Å². The molecular formula is C21H18N2O5S2. The number of benzene rings is 2. The third-order valence-corrected chi connectivity index (χ3v) is 7.27. The fourth-order valence-electron chi connectivity index (χ4n) is 3.61. The Hall–Kier alpha value is -3.04. The van der Waals surface area contributed by atoms with Crippen molar-refractivity contribution in [2.45, 2.75) is 11.3 Å². The molecule has 3 heterocycles. The highest BCUT2D eigenvalue weighted by Gasteiger charge is 2.27. The Morgan fingerprint density at radius 1 is 1.03 bits per heavy atom. The smallest absolute Gasteiger partial charge is 0.268 e. The van der Waals surface area contributed by atoms with Crippen molar-refractivity contribution in [3.05, 3.63) is 64.4 Å². The highest BCUT2D eigenvalue weighted by Crippen LogP contribution is 2.35. The van der Waals surface area contributed by atoms with Crippen molar-refractivity contribution in [1.29, 1.82) is 0 Å². The molecule has 30 heavy (non-hydrogen) atoms. The fourth-order valence-corrected chi connectivity index (χ4v) is 5.35. The molecule has 0 radical (unpaired) electrons. The van der Waals surface area contributed by atoms with E-state index < -0.39 is 10.0 Å². The van der Waals surface area contributed by atoms with E-state index in [0.29, 0.717) is 48.2 Å². The second-order valence-corrected chi connectivity index (χ2v) is 9.57. The van der Waals surface area contributed by atoms with E-state index in [-0.39, 0.29) is 10.8 Å². The summed E-state index contributed by atoms with van der Waals surface area (Å²) in [6, 6.07) is 13.5. The highest BCUT2D eigenvalue weighted by atomic mass is 32.2. The van der Waals surface area contributed by atoms with Crippen LogP contribution < -0.4 is 19.1 Å². The molecule has 5 rings (SSSR count). The summed E-state index contributed by atoms with van der Waals surface area (Å²) in [4.78, 5) is 15.2. The van der Waals surface area contributed by atoms with Crippen LogP contribution in [0, 0.1) is 0 Å². The van der Waals surface area contributed by atoms with Gasteiger partial charge in [-0.3, -0.25) is 9.52 Å². The van der Waals surface area contributed by atoms with Crippen molar-refractivity contribution in [3.8, 4) is 11.5 Å². The Bertz CT molecular complexity index is 1220. The summed E-state index contributed by atoms with van der Waals surface area (Å²) in [5.41, 5.74) is 2.20. The summed E-state index contributed by atoms with van der Waals surface area (Å²) < 4.78 is 39.2. The molecule has 0 fully saturated rings. The van der Waals surface area contributed by atoms with Crippen LogP contribution in [0.25, 0.3) is 0 Å². The number of hydrogen-bond acceptors (Lipinski definition) is 6. The van der Waals surface area contributed by atoms with E-state index in [1.165, 1.54) is 23.5 Å². The minimum atomic E-state index is -3.79. The number of carbonyl (C=O) groups excluding carboxylic acids is 1. The zero-order valence-electron chi connectivity index (χ0n) is 15.8. The van der Waals surface area contributed by atoms with Crippen LogP contribution >= 0.6 is 11.3 Å². The monoisotopic (exact) mass is 442 g/mol. The van der Waals surface area contributed by atoms with Gasteiger partial charge in [0.05, 0.1) is 9.77 Å². The van der Waals surface area contributed by atoms with Gasteiger partial charge in [0, 0.05) is 24.0 Å². The first-order valence-electron chi connectivity index (χ1n) is 9.42. The first-order chi connectivity index (χ1) is 14.5. The van der Waals surface area contributed by atoms with E-state index >= 15 is 0 Å². The summed E-state index contributed by atoms with van der Waals surface area (Å²) in [7, 11) is -3.79. The maximum Gasteiger partial charge on any atom is 0.268 e. The van der Waals surface area contributed by atoms with Crippen molar-refractivity contribution in [3.63, 3.8) is 0 Å². The molecule has 7 nitrogen and oxygen atoms in total. The number of hydrogen-bond donors (Lipinski definition) is 1. The summed E-state index contributed by atoms with van der Waals surface area (Å²) >= 11 is 1.41. The van der Waals surface area contributed by atoms with Gasteiger partial charge in [0.25, 0.3) is 15.9 Å². The van der Waals surface area contributed by atoms with Gasteiger partial charge in [-0.05, 0) is 53.8 Å². The van der Waals surface area contributed by atoms with Crippen LogP contribution in [0.1, 0.15) is 15.2 Å². The minimum absolute atomic E-state index is 0.0339. The first kappa shape index (κ1) is 19.0. The summed E-state index contributed by atoms with van der Waals surface area (Å²) in [6.45, 7) is 1.40. The largest absolute Gasteiger partial charge is 0.486 e. The summed E-state index contributed by atoms with van der Waals surface area (Å²) in [5.74, 6) is 0.919. The third-order valence-electron chi connectivity index (χ3n) is 5.03. The SMILES string of the molecule is O=C(c1cccs1)N1CCc2cc(NS(=O)(=O)c3ccc4c(c3)OCCO4)ccc21. The number of nitrogens with one attached hydrogen (secondary N) is 1. The molecule has 9 heteroatoms. The van der Waals surface area contributed by atoms with Gasteiger partial charge in [0.15, 0.2) is 11.5 Å². The van der Waals surface area contributed by atoms with Gasteiger partial charge < -0.3 is 14.4 Å². The molecule has 0 aliphatic carbocycles. The lowest BCUT2D eigenvalue weighted by Gasteiger charge is -2.19. The molecule has 2 aromatic carbocycles. The zero-order valence-corrected chi connectivity index (χ0v) is 17.5. The van der Waals surface area contributed by atoms with Gasteiger partial charge in [-0.15, -0.1) is 11.3 Å². The van der Waals surface area contributed by atoms with E-state index in [0.717, 1.165) is 11.3 Å². The summed E-state index contributed by atoms with van der Waals surface area (Å²) in [6.07, 6.45) is 0.673. The number of carbonyl (C=O) groups is 1. The average molecular weight is 443 g/mol. The minimum Gasteiger partial charge on any atom is -0.486 e. The molecule has 0 saturated heterocycles. The van der Waals surface area contributed by atoms with Crippen LogP contribution in [-0.4, -0.2) is 34.1 Å². The Labute approximate surface area is 177 Å². The lowest BCUT2D eigenvalue weighted by atomic mass is 10.1. The molecule has 154 valence electrons.